The molecule has 0 fully saturated rings. The number of aliphatic hydroxyl groups is 1. The molecule has 1 atom stereocenters. The molecule has 0 bridgehead atoms. The Morgan fingerprint density at radius 2 is 1.67 bits per heavy atom. The average molecular weight is 401 g/mol. The maximum Gasteiger partial charge on any atom is 0.211 e. The number of allylic oxidation sites excluding steroid dienone is 2. The third-order valence-corrected chi connectivity index (χ3v) is 11.0. The third kappa shape index (κ3) is 3.61. The van der Waals surface area contributed by atoms with Crippen molar-refractivity contribution < 1.29 is 30.4 Å². The molecule has 0 aromatic heterocycles. The maximum absolute atomic E-state index is 12.5. The van der Waals surface area contributed by atoms with Crippen LogP contribution in [0.2, 0.25) is 0 Å². The molecule has 0 aliphatic heterocycles. The van der Waals surface area contributed by atoms with Crippen molar-refractivity contribution in [2.45, 2.75) is 30.3 Å². The summed E-state index contributed by atoms with van der Waals surface area (Å²) in [4.78, 5) is -0.569. The van der Waals surface area contributed by atoms with E-state index < -0.39 is 44.4 Å². The lowest BCUT2D eigenvalue weighted by atomic mass is 9.99. The first-order valence-electron chi connectivity index (χ1n) is 7.32. The highest BCUT2D eigenvalue weighted by Gasteiger charge is 2.63. The van der Waals surface area contributed by atoms with Gasteiger partial charge in [-0.25, -0.2) is 25.3 Å². The summed E-state index contributed by atoms with van der Waals surface area (Å²) < 4.78 is 71.7. The van der Waals surface area contributed by atoms with Crippen LogP contribution in [0.25, 0.3) is 0 Å². The van der Waals surface area contributed by atoms with Crippen LogP contribution in [0.15, 0.2) is 22.6 Å². The molecule has 0 heterocycles. The van der Waals surface area contributed by atoms with Gasteiger partial charge in [0.2, 0.25) is 4.08 Å². The van der Waals surface area contributed by atoms with E-state index in [0.29, 0.717) is 12.0 Å². The SMILES string of the molecule is CCC(=CCC1CC=C(S(C)(=O)=O)C1(S(C)(=O)=O)S(C)(=O)=O)CO. The zero-order chi connectivity index (χ0) is 19.0. The monoisotopic (exact) mass is 400 g/mol. The Morgan fingerprint density at radius 1 is 1.17 bits per heavy atom. The molecule has 7 nitrogen and oxygen atoms in total. The lowest BCUT2D eigenvalue weighted by molar-refractivity contribution is 0.326. The standard InChI is InChI=1S/C14H24O7S3/c1-5-11(10-15)6-7-12-8-9-13(22(2,16)17)14(12,23(3,18)19)24(4,20)21/h6,9,12,15H,5,7-8,10H2,1-4H3. The fourth-order valence-electron chi connectivity index (χ4n) is 3.28. The van der Waals surface area contributed by atoms with E-state index in [1.165, 1.54) is 6.08 Å². The van der Waals surface area contributed by atoms with Crippen molar-refractivity contribution in [1.82, 2.24) is 0 Å². The van der Waals surface area contributed by atoms with E-state index in [2.05, 4.69) is 0 Å². The first-order chi connectivity index (χ1) is 10.7. The molecule has 1 rings (SSSR count). The molecule has 10 heteroatoms. The molecular formula is C14H24O7S3. The van der Waals surface area contributed by atoms with E-state index in [0.717, 1.165) is 18.8 Å². The zero-order valence-electron chi connectivity index (χ0n) is 14.2. The van der Waals surface area contributed by atoms with Crippen molar-refractivity contribution in [2.24, 2.45) is 5.92 Å². The van der Waals surface area contributed by atoms with Gasteiger partial charge < -0.3 is 5.11 Å². The van der Waals surface area contributed by atoms with E-state index in [1.807, 2.05) is 0 Å². The minimum atomic E-state index is -4.29. The summed E-state index contributed by atoms with van der Waals surface area (Å²) in [5.41, 5.74) is 0.638. The highest BCUT2D eigenvalue weighted by molar-refractivity contribution is 8.12. The summed E-state index contributed by atoms with van der Waals surface area (Å²) in [6, 6.07) is 0. The maximum atomic E-state index is 12.5. The van der Waals surface area contributed by atoms with E-state index in [4.69, 9.17) is 0 Å². The van der Waals surface area contributed by atoms with Crippen LogP contribution >= 0.6 is 0 Å². The van der Waals surface area contributed by atoms with E-state index in [1.54, 1.807) is 13.0 Å². The van der Waals surface area contributed by atoms with Crippen molar-refractivity contribution in [3.05, 3.63) is 22.6 Å². The van der Waals surface area contributed by atoms with Gasteiger partial charge in [-0.1, -0.05) is 19.1 Å². The van der Waals surface area contributed by atoms with Crippen LogP contribution in [-0.4, -0.2) is 59.8 Å². The number of sulfone groups is 3. The first-order valence-corrected chi connectivity index (χ1v) is 13.0. The molecule has 0 amide bonds. The Hall–Kier alpha value is -0.710. The van der Waals surface area contributed by atoms with Gasteiger partial charge in [0.05, 0.1) is 11.5 Å². The van der Waals surface area contributed by atoms with Crippen molar-refractivity contribution in [3.63, 3.8) is 0 Å². The second-order valence-electron chi connectivity index (χ2n) is 6.09. The van der Waals surface area contributed by atoms with Gasteiger partial charge in [-0.15, -0.1) is 0 Å². The molecular weight excluding hydrogens is 376 g/mol. The molecule has 0 saturated heterocycles. The molecule has 0 spiro atoms. The van der Waals surface area contributed by atoms with Crippen LogP contribution in [0.1, 0.15) is 26.2 Å². The number of rotatable bonds is 7. The minimum Gasteiger partial charge on any atom is -0.392 e. The molecule has 1 aliphatic rings. The summed E-state index contributed by atoms with van der Waals surface area (Å²) in [5, 5.41) is 9.22. The molecule has 1 N–H and O–H groups in total. The quantitative estimate of drug-likeness (QED) is 0.615. The van der Waals surface area contributed by atoms with E-state index >= 15 is 0 Å². The molecule has 140 valence electrons. The number of aliphatic hydroxyl groups excluding tert-OH is 1. The van der Waals surface area contributed by atoms with Crippen molar-refractivity contribution in [3.8, 4) is 0 Å². The van der Waals surface area contributed by atoms with Gasteiger partial charge in [-0.05, 0) is 24.8 Å². The Balaban J connectivity index is 3.68. The fraction of sp³-hybridized carbons (Fsp3) is 0.714. The lowest BCUT2D eigenvalue weighted by Gasteiger charge is -2.33. The lowest BCUT2D eigenvalue weighted by Crippen LogP contribution is -2.52. The molecule has 24 heavy (non-hydrogen) atoms. The topological polar surface area (TPSA) is 123 Å². The van der Waals surface area contributed by atoms with Crippen LogP contribution in [0, 0.1) is 5.92 Å². The van der Waals surface area contributed by atoms with Crippen LogP contribution in [-0.2, 0) is 29.5 Å². The second-order valence-corrected chi connectivity index (χ2v) is 12.7. The predicted molar refractivity (Wildman–Crippen MR) is 93.5 cm³/mol. The van der Waals surface area contributed by atoms with Gasteiger partial charge in [0.1, 0.15) is 0 Å². The van der Waals surface area contributed by atoms with Gasteiger partial charge in [-0.2, -0.15) is 0 Å². The largest absolute Gasteiger partial charge is 0.392 e. The summed E-state index contributed by atoms with van der Waals surface area (Å²) in [6.45, 7) is 1.58. The van der Waals surface area contributed by atoms with Crippen molar-refractivity contribution in [1.29, 1.82) is 0 Å². The normalized spacial score (nSPS) is 22.5. The summed E-state index contributed by atoms with van der Waals surface area (Å²) in [7, 11) is -12.6. The first kappa shape index (κ1) is 21.3. The van der Waals surface area contributed by atoms with Gasteiger partial charge in [0.25, 0.3) is 0 Å². The van der Waals surface area contributed by atoms with Gasteiger partial charge in [-0.3, -0.25) is 0 Å². The molecule has 0 radical (unpaired) electrons. The van der Waals surface area contributed by atoms with Crippen LogP contribution in [0.4, 0.5) is 0 Å². The molecule has 1 unspecified atom stereocenters. The minimum absolute atomic E-state index is 0.0153. The molecule has 0 aromatic rings. The van der Waals surface area contributed by atoms with Gasteiger partial charge in [0, 0.05) is 24.7 Å². The summed E-state index contributed by atoms with van der Waals surface area (Å²) in [5.74, 6) is -0.958. The zero-order valence-corrected chi connectivity index (χ0v) is 16.6. The second kappa shape index (κ2) is 6.89. The van der Waals surface area contributed by atoms with E-state index in [9.17, 15) is 30.4 Å². The molecule has 1 aliphatic carbocycles. The Labute approximate surface area is 144 Å². The number of hydrogen-bond donors (Lipinski definition) is 1. The number of hydrogen-bond acceptors (Lipinski definition) is 7. The van der Waals surface area contributed by atoms with Crippen LogP contribution in [0.5, 0.6) is 0 Å². The molecule has 0 saturated carbocycles. The van der Waals surface area contributed by atoms with Crippen molar-refractivity contribution in [2.75, 3.05) is 25.4 Å². The third-order valence-electron chi connectivity index (χ3n) is 4.32. The van der Waals surface area contributed by atoms with E-state index in [-0.39, 0.29) is 19.4 Å². The van der Waals surface area contributed by atoms with Crippen LogP contribution < -0.4 is 0 Å². The smallest absolute Gasteiger partial charge is 0.211 e. The average Bonchev–Trinajstić information content (AvgIpc) is 2.79. The van der Waals surface area contributed by atoms with Gasteiger partial charge in [0.15, 0.2) is 29.5 Å². The highest BCUT2D eigenvalue weighted by Crippen LogP contribution is 2.49. The van der Waals surface area contributed by atoms with Crippen molar-refractivity contribution >= 4 is 29.5 Å². The fourth-order valence-corrected chi connectivity index (χ4v) is 10.9. The Bertz CT molecular complexity index is 821. The highest BCUT2D eigenvalue weighted by atomic mass is 32.3. The Kier molecular flexibility index (Phi) is 6.13. The molecule has 0 aromatic carbocycles. The summed E-state index contributed by atoms with van der Waals surface area (Å²) >= 11 is 0. The van der Waals surface area contributed by atoms with Gasteiger partial charge >= 0.3 is 0 Å². The van der Waals surface area contributed by atoms with Crippen LogP contribution in [0.3, 0.4) is 0 Å². The predicted octanol–water partition coefficient (Wildman–Crippen LogP) is 0.439. The summed E-state index contributed by atoms with van der Waals surface area (Å²) in [6.07, 6.45) is 5.69. The Morgan fingerprint density at radius 3 is 2.00 bits per heavy atom.